The van der Waals surface area contributed by atoms with Crippen molar-refractivity contribution in [1.82, 2.24) is 10.2 Å². The van der Waals surface area contributed by atoms with E-state index in [-0.39, 0.29) is 30.8 Å². The Balaban J connectivity index is 1.86. The van der Waals surface area contributed by atoms with E-state index in [1.807, 2.05) is 13.0 Å². The lowest BCUT2D eigenvalue weighted by molar-refractivity contribution is -0.128. The molecule has 1 saturated heterocycles. The second-order valence-electron chi connectivity index (χ2n) is 8.24. The van der Waals surface area contributed by atoms with Gasteiger partial charge in [0, 0.05) is 13.1 Å². The largest absolute Gasteiger partial charge is 0.495 e. The molecule has 0 unspecified atom stereocenters. The van der Waals surface area contributed by atoms with Crippen LogP contribution in [-0.2, 0) is 14.3 Å². The van der Waals surface area contributed by atoms with Gasteiger partial charge in [0.25, 0.3) is 0 Å². The van der Waals surface area contributed by atoms with Crippen LogP contribution in [0.15, 0.2) is 18.2 Å². The third-order valence-corrected chi connectivity index (χ3v) is 4.50. The first-order valence-electron chi connectivity index (χ1n) is 9.79. The molecule has 0 radical (unpaired) electrons. The van der Waals surface area contributed by atoms with Crippen LogP contribution in [0.2, 0.25) is 0 Å². The van der Waals surface area contributed by atoms with Gasteiger partial charge in [-0.2, -0.15) is 0 Å². The molecular formula is C21H31N3O5. The molecule has 0 saturated carbocycles. The van der Waals surface area contributed by atoms with Gasteiger partial charge in [-0.05, 0) is 58.2 Å². The zero-order chi connectivity index (χ0) is 21.6. The Hall–Kier alpha value is -2.77. The molecule has 1 atom stereocenters. The number of aryl methyl sites for hydroxylation is 1. The van der Waals surface area contributed by atoms with Crippen molar-refractivity contribution in [1.29, 1.82) is 0 Å². The van der Waals surface area contributed by atoms with E-state index in [1.165, 1.54) is 7.11 Å². The molecule has 0 aliphatic carbocycles. The molecule has 29 heavy (non-hydrogen) atoms. The minimum Gasteiger partial charge on any atom is -0.495 e. The van der Waals surface area contributed by atoms with Crippen LogP contribution in [0.3, 0.4) is 0 Å². The predicted molar refractivity (Wildman–Crippen MR) is 110 cm³/mol. The maximum Gasteiger partial charge on any atom is 0.410 e. The van der Waals surface area contributed by atoms with E-state index in [2.05, 4.69) is 10.6 Å². The number of methoxy groups -OCH3 is 1. The minimum atomic E-state index is -0.582. The summed E-state index contributed by atoms with van der Waals surface area (Å²) >= 11 is 0. The highest BCUT2D eigenvalue weighted by Crippen LogP contribution is 2.25. The number of carbonyl (C=O) groups excluding carboxylic acids is 3. The molecule has 8 nitrogen and oxygen atoms in total. The number of anilines is 1. The summed E-state index contributed by atoms with van der Waals surface area (Å²) in [5.74, 6) is -0.403. The van der Waals surface area contributed by atoms with Gasteiger partial charge in [0.15, 0.2) is 0 Å². The first-order chi connectivity index (χ1) is 13.6. The van der Waals surface area contributed by atoms with E-state index in [0.717, 1.165) is 5.56 Å². The van der Waals surface area contributed by atoms with Gasteiger partial charge in [0.2, 0.25) is 11.8 Å². The van der Waals surface area contributed by atoms with E-state index in [1.54, 1.807) is 37.8 Å². The maximum atomic E-state index is 12.5. The summed E-state index contributed by atoms with van der Waals surface area (Å²) in [6, 6.07) is 5.46. The Morgan fingerprint density at radius 1 is 1.24 bits per heavy atom. The van der Waals surface area contributed by atoms with Crippen molar-refractivity contribution in [3.05, 3.63) is 23.8 Å². The second-order valence-corrected chi connectivity index (χ2v) is 8.24. The van der Waals surface area contributed by atoms with Crippen molar-refractivity contribution in [3.8, 4) is 5.75 Å². The summed E-state index contributed by atoms with van der Waals surface area (Å²) in [4.78, 5) is 38.5. The highest BCUT2D eigenvalue weighted by Gasteiger charge is 2.31. The lowest BCUT2D eigenvalue weighted by atomic mass is 9.97. The summed E-state index contributed by atoms with van der Waals surface area (Å²) < 4.78 is 10.6. The monoisotopic (exact) mass is 405 g/mol. The van der Waals surface area contributed by atoms with Crippen molar-refractivity contribution in [2.24, 2.45) is 5.92 Å². The van der Waals surface area contributed by atoms with Crippen molar-refractivity contribution >= 4 is 23.6 Å². The number of ether oxygens (including phenoxy) is 2. The van der Waals surface area contributed by atoms with Crippen LogP contribution in [0.25, 0.3) is 0 Å². The second kappa shape index (κ2) is 9.62. The topological polar surface area (TPSA) is 97.0 Å². The molecule has 160 valence electrons. The summed E-state index contributed by atoms with van der Waals surface area (Å²) in [5.41, 5.74) is 0.955. The molecule has 2 rings (SSSR count). The number of benzene rings is 1. The van der Waals surface area contributed by atoms with E-state index in [9.17, 15) is 14.4 Å². The van der Waals surface area contributed by atoms with Crippen molar-refractivity contribution in [2.75, 3.05) is 32.1 Å². The number of rotatable bonds is 5. The highest BCUT2D eigenvalue weighted by molar-refractivity contribution is 5.96. The lowest BCUT2D eigenvalue weighted by Gasteiger charge is -2.33. The van der Waals surface area contributed by atoms with Gasteiger partial charge in [-0.1, -0.05) is 6.07 Å². The Labute approximate surface area is 171 Å². The van der Waals surface area contributed by atoms with Crippen LogP contribution in [0.5, 0.6) is 5.75 Å². The van der Waals surface area contributed by atoms with Gasteiger partial charge in [-0.15, -0.1) is 0 Å². The van der Waals surface area contributed by atoms with Gasteiger partial charge >= 0.3 is 6.09 Å². The average Bonchev–Trinajstić information content (AvgIpc) is 2.65. The molecule has 2 N–H and O–H groups in total. The standard InChI is InChI=1S/C21H31N3O5/c1-14-8-9-17(28-5)16(11-14)23-18(25)12-22-19(26)15-7-6-10-24(13-15)20(27)29-21(2,3)4/h8-9,11,15H,6-7,10,12-13H2,1-5H3,(H,22,26)(H,23,25)/t15-/m1/s1. The van der Waals surface area contributed by atoms with Gasteiger partial charge in [-0.3, -0.25) is 9.59 Å². The van der Waals surface area contributed by atoms with Crippen LogP contribution in [0.1, 0.15) is 39.2 Å². The Morgan fingerprint density at radius 3 is 2.62 bits per heavy atom. The Morgan fingerprint density at radius 2 is 1.97 bits per heavy atom. The van der Waals surface area contributed by atoms with Gasteiger partial charge in [0.05, 0.1) is 25.3 Å². The molecule has 8 heteroatoms. The number of nitrogens with one attached hydrogen (secondary N) is 2. The molecule has 1 aliphatic rings. The number of piperidine rings is 1. The number of nitrogens with zero attached hydrogens (tertiary/aromatic N) is 1. The van der Waals surface area contributed by atoms with E-state index in [4.69, 9.17) is 9.47 Å². The van der Waals surface area contributed by atoms with Gasteiger partial charge < -0.3 is 25.0 Å². The summed E-state index contributed by atoms with van der Waals surface area (Å²) in [5, 5.41) is 5.41. The van der Waals surface area contributed by atoms with Crippen molar-refractivity contribution in [3.63, 3.8) is 0 Å². The summed E-state index contributed by atoms with van der Waals surface area (Å²) in [6.07, 6.45) is 0.960. The normalized spacial score (nSPS) is 16.7. The Bertz CT molecular complexity index is 757. The fraction of sp³-hybridized carbons (Fsp3) is 0.571. The number of carbonyl (C=O) groups is 3. The smallest absolute Gasteiger partial charge is 0.410 e. The third kappa shape index (κ3) is 6.96. The molecule has 1 fully saturated rings. The van der Waals surface area contributed by atoms with Crippen LogP contribution >= 0.6 is 0 Å². The number of likely N-dealkylation sites (tertiary alicyclic amines) is 1. The summed E-state index contributed by atoms with van der Waals surface area (Å²) in [7, 11) is 1.53. The predicted octanol–water partition coefficient (Wildman–Crippen LogP) is 2.71. The van der Waals surface area contributed by atoms with E-state index >= 15 is 0 Å². The van der Waals surface area contributed by atoms with Crippen LogP contribution < -0.4 is 15.4 Å². The molecule has 1 heterocycles. The fourth-order valence-corrected chi connectivity index (χ4v) is 3.11. The zero-order valence-corrected chi connectivity index (χ0v) is 17.8. The van der Waals surface area contributed by atoms with Crippen molar-refractivity contribution < 1.29 is 23.9 Å². The number of amides is 3. The number of hydrogen-bond acceptors (Lipinski definition) is 5. The average molecular weight is 405 g/mol. The molecule has 3 amide bonds. The SMILES string of the molecule is COc1ccc(C)cc1NC(=O)CNC(=O)[C@@H]1CCCN(C(=O)OC(C)(C)C)C1. The molecule has 1 aromatic carbocycles. The number of hydrogen-bond donors (Lipinski definition) is 2. The lowest BCUT2D eigenvalue weighted by Crippen LogP contribution is -2.47. The van der Waals surface area contributed by atoms with Gasteiger partial charge in [0.1, 0.15) is 11.4 Å². The van der Waals surface area contributed by atoms with Gasteiger partial charge in [-0.25, -0.2) is 4.79 Å². The molecule has 0 bridgehead atoms. The summed E-state index contributed by atoms with van der Waals surface area (Å²) in [6.45, 7) is 8.03. The molecule has 0 aromatic heterocycles. The quantitative estimate of drug-likeness (QED) is 0.785. The zero-order valence-electron chi connectivity index (χ0n) is 17.8. The van der Waals surface area contributed by atoms with Crippen LogP contribution in [0.4, 0.5) is 10.5 Å². The van der Waals surface area contributed by atoms with E-state index in [0.29, 0.717) is 30.8 Å². The molecular weight excluding hydrogens is 374 g/mol. The minimum absolute atomic E-state index is 0.154. The molecule has 1 aromatic rings. The molecule has 0 spiro atoms. The fourth-order valence-electron chi connectivity index (χ4n) is 3.11. The highest BCUT2D eigenvalue weighted by atomic mass is 16.6. The van der Waals surface area contributed by atoms with Crippen LogP contribution in [-0.4, -0.2) is 55.2 Å². The van der Waals surface area contributed by atoms with Crippen molar-refractivity contribution in [2.45, 2.75) is 46.1 Å². The van der Waals surface area contributed by atoms with Crippen LogP contribution in [0, 0.1) is 12.8 Å². The van der Waals surface area contributed by atoms with E-state index < -0.39 is 11.7 Å². The third-order valence-electron chi connectivity index (χ3n) is 4.50. The first-order valence-corrected chi connectivity index (χ1v) is 9.79. The Kier molecular flexibility index (Phi) is 7.47. The molecule has 1 aliphatic heterocycles. The maximum absolute atomic E-state index is 12.5. The first kappa shape index (κ1) is 22.5.